The average molecular weight is 320 g/mol. The number of likely N-dealkylation sites (tertiary alicyclic amines) is 1. The molecule has 3 rings (SSSR count). The molecule has 118 valence electrons. The van der Waals surface area contributed by atoms with E-state index < -0.39 is 0 Å². The van der Waals surface area contributed by atoms with Gasteiger partial charge in [-0.2, -0.15) is 0 Å². The molecule has 0 radical (unpaired) electrons. The van der Waals surface area contributed by atoms with Crippen molar-refractivity contribution >= 4 is 27.3 Å². The summed E-state index contributed by atoms with van der Waals surface area (Å²) in [5, 5.41) is 0.574. The minimum absolute atomic E-state index is 0.0000926. The summed E-state index contributed by atoms with van der Waals surface area (Å²) in [6.07, 6.45) is 3.06. The van der Waals surface area contributed by atoms with Crippen molar-refractivity contribution in [2.45, 2.75) is 45.2 Å². The van der Waals surface area contributed by atoms with Crippen LogP contribution in [0.2, 0.25) is 0 Å². The largest absolute Gasteiger partial charge is 0.333 e. The molecule has 0 bridgehead atoms. The van der Waals surface area contributed by atoms with Crippen LogP contribution >= 0.6 is 11.3 Å². The van der Waals surface area contributed by atoms with E-state index in [1.807, 2.05) is 24.8 Å². The number of hydrogen-bond donors (Lipinski definition) is 1. The van der Waals surface area contributed by atoms with Crippen molar-refractivity contribution in [3.05, 3.63) is 34.5 Å². The van der Waals surface area contributed by atoms with Gasteiger partial charge in [0.1, 0.15) is 5.82 Å². The fraction of sp³-hybridized carbons (Fsp3) is 0.471. The molecule has 1 aromatic carbocycles. The van der Waals surface area contributed by atoms with Crippen LogP contribution in [0.15, 0.2) is 18.2 Å². The molecule has 1 amide bonds. The van der Waals surface area contributed by atoms with Gasteiger partial charge in [0.05, 0.1) is 4.88 Å². The number of carbonyl (C=O) groups is 1. The third kappa shape index (κ3) is 2.52. The molecule has 2 atom stereocenters. The number of rotatable bonds is 2. The second-order valence-electron chi connectivity index (χ2n) is 6.09. The van der Waals surface area contributed by atoms with Gasteiger partial charge in [-0.15, -0.1) is 11.3 Å². The van der Waals surface area contributed by atoms with E-state index in [0.29, 0.717) is 10.3 Å². The van der Waals surface area contributed by atoms with Gasteiger partial charge in [0.25, 0.3) is 5.91 Å². The number of thiophene rings is 1. The number of amides is 1. The first-order valence-corrected chi connectivity index (χ1v) is 8.56. The molecule has 2 unspecified atom stereocenters. The molecule has 5 heteroatoms. The SMILES string of the molecule is Cc1c(C(=O)N2CCCCC2C(C)N)sc2cccc(F)c12. The van der Waals surface area contributed by atoms with E-state index in [1.54, 1.807) is 6.07 Å². The number of hydrogen-bond acceptors (Lipinski definition) is 3. The van der Waals surface area contributed by atoms with Gasteiger partial charge >= 0.3 is 0 Å². The lowest BCUT2D eigenvalue weighted by atomic mass is 9.96. The van der Waals surface area contributed by atoms with Gasteiger partial charge in [0.2, 0.25) is 0 Å². The number of piperidine rings is 1. The molecule has 1 fully saturated rings. The van der Waals surface area contributed by atoms with Crippen LogP contribution in [-0.4, -0.2) is 29.4 Å². The van der Waals surface area contributed by atoms with Gasteiger partial charge in [-0.3, -0.25) is 4.79 Å². The van der Waals surface area contributed by atoms with E-state index in [9.17, 15) is 9.18 Å². The summed E-state index contributed by atoms with van der Waals surface area (Å²) in [6, 6.07) is 5.04. The summed E-state index contributed by atoms with van der Waals surface area (Å²) in [6.45, 7) is 4.52. The first kappa shape index (κ1) is 15.4. The molecule has 0 spiro atoms. The van der Waals surface area contributed by atoms with Crippen LogP contribution < -0.4 is 5.73 Å². The molecule has 3 nitrogen and oxygen atoms in total. The lowest BCUT2D eigenvalue weighted by Crippen LogP contribution is -2.51. The summed E-state index contributed by atoms with van der Waals surface area (Å²) >= 11 is 1.38. The van der Waals surface area contributed by atoms with Gasteiger partial charge in [0, 0.05) is 28.7 Å². The van der Waals surface area contributed by atoms with Crippen molar-refractivity contribution in [2.24, 2.45) is 5.73 Å². The van der Waals surface area contributed by atoms with E-state index in [-0.39, 0.29) is 23.8 Å². The van der Waals surface area contributed by atoms with Gasteiger partial charge in [-0.25, -0.2) is 4.39 Å². The van der Waals surface area contributed by atoms with E-state index in [1.165, 1.54) is 17.4 Å². The van der Waals surface area contributed by atoms with Crippen molar-refractivity contribution in [1.29, 1.82) is 0 Å². The van der Waals surface area contributed by atoms with Crippen molar-refractivity contribution in [3.63, 3.8) is 0 Å². The fourth-order valence-electron chi connectivity index (χ4n) is 3.34. The molecule has 2 N–H and O–H groups in total. The van der Waals surface area contributed by atoms with Crippen molar-refractivity contribution in [1.82, 2.24) is 4.90 Å². The smallest absolute Gasteiger partial charge is 0.264 e. The lowest BCUT2D eigenvalue weighted by Gasteiger charge is -2.38. The number of aryl methyl sites for hydroxylation is 1. The summed E-state index contributed by atoms with van der Waals surface area (Å²) in [4.78, 5) is 15.5. The van der Waals surface area contributed by atoms with Crippen molar-refractivity contribution in [2.75, 3.05) is 6.54 Å². The maximum absolute atomic E-state index is 14.0. The molecule has 1 saturated heterocycles. The van der Waals surface area contributed by atoms with Crippen LogP contribution in [0.4, 0.5) is 4.39 Å². The molecule has 1 aliphatic rings. The normalized spacial score (nSPS) is 20.4. The van der Waals surface area contributed by atoms with E-state index >= 15 is 0 Å². The van der Waals surface area contributed by atoms with Crippen LogP contribution in [0.25, 0.3) is 10.1 Å². The zero-order chi connectivity index (χ0) is 15.9. The Balaban J connectivity index is 2.01. The summed E-state index contributed by atoms with van der Waals surface area (Å²) < 4.78 is 14.9. The molecule has 0 saturated carbocycles. The topological polar surface area (TPSA) is 46.3 Å². The van der Waals surface area contributed by atoms with E-state index in [2.05, 4.69) is 0 Å². The Bertz CT molecular complexity index is 710. The van der Waals surface area contributed by atoms with Crippen LogP contribution in [0.5, 0.6) is 0 Å². The number of carbonyl (C=O) groups excluding carboxylic acids is 1. The lowest BCUT2D eigenvalue weighted by molar-refractivity contribution is 0.0588. The molecule has 1 aliphatic heterocycles. The second-order valence-corrected chi connectivity index (χ2v) is 7.14. The van der Waals surface area contributed by atoms with Crippen LogP contribution in [0.3, 0.4) is 0 Å². The molecule has 0 aliphatic carbocycles. The Morgan fingerprint density at radius 1 is 1.45 bits per heavy atom. The monoisotopic (exact) mass is 320 g/mol. The number of nitrogens with zero attached hydrogens (tertiary/aromatic N) is 1. The number of nitrogens with two attached hydrogens (primary N) is 1. The first-order chi connectivity index (χ1) is 10.5. The molecule has 2 aromatic rings. The molecule has 1 aromatic heterocycles. The highest BCUT2D eigenvalue weighted by atomic mass is 32.1. The first-order valence-electron chi connectivity index (χ1n) is 7.75. The predicted octanol–water partition coefficient (Wildman–Crippen LogP) is 3.69. The zero-order valence-electron chi connectivity index (χ0n) is 12.9. The summed E-state index contributed by atoms with van der Waals surface area (Å²) in [5.74, 6) is -0.257. The van der Waals surface area contributed by atoms with Crippen LogP contribution in [0.1, 0.15) is 41.4 Å². The summed E-state index contributed by atoms with van der Waals surface area (Å²) in [5.41, 5.74) is 6.81. The van der Waals surface area contributed by atoms with Gasteiger partial charge in [-0.05, 0) is 50.8 Å². The quantitative estimate of drug-likeness (QED) is 0.917. The van der Waals surface area contributed by atoms with Crippen LogP contribution in [0, 0.1) is 12.7 Å². The zero-order valence-corrected chi connectivity index (χ0v) is 13.8. The predicted molar refractivity (Wildman–Crippen MR) is 88.8 cm³/mol. The van der Waals surface area contributed by atoms with Crippen molar-refractivity contribution < 1.29 is 9.18 Å². The Labute approximate surface area is 133 Å². The Morgan fingerprint density at radius 2 is 2.23 bits per heavy atom. The fourth-order valence-corrected chi connectivity index (χ4v) is 4.52. The van der Waals surface area contributed by atoms with Gasteiger partial charge in [0.15, 0.2) is 0 Å². The molecule has 22 heavy (non-hydrogen) atoms. The average Bonchev–Trinajstić information content (AvgIpc) is 2.85. The number of benzene rings is 1. The minimum Gasteiger partial charge on any atom is -0.333 e. The highest BCUT2D eigenvalue weighted by molar-refractivity contribution is 7.21. The van der Waals surface area contributed by atoms with E-state index in [0.717, 1.165) is 36.1 Å². The molecule has 2 heterocycles. The minimum atomic E-state index is -0.257. The standard InChI is InChI=1S/C17H21FN2OS/c1-10-15-12(18)6-5-8-14(15)22-16(10)17(21)20-9-4-3-7-13(20)11(2)19/h5-6,8,11,13H,3-4,7,9,19H2,1-2H3. The highest BCUT2D eigenvalue weighted by Gasteiger charge is 2.31. The Morgan fingerprint density at radius 3 is 2.91 bits per heavy atom. The second kappa shape index (κ2) is 5.97. The number of fused-ring (bicyclic) bond motifs is 1. The third-order valence-corrected chi connectivity index (χ3v) is 5.76. The highest BCUT2D eigenvalue weighted by Crippen LogP contribution is 2.34. The number of halogens is 1. The maximum Gasteiger partial charge on any atom is 0.264 e. The van der Waals surface area contributed by atoms with Gasteiger partial charge in [-0.1, -0.05) is 6.07 Å². The molecular weight excluding hydrogens is 299 g/mol. The Hall–Kier alpha value is -1.46. The van der Waals surface area contributed by atoms with Gasteiger partial charge < -0.3 is 10.6 Å². The summed E-state index contributed by atoms with van der Waals surface area (Å²) in [7, 11) is 0. The molecular formula is C17H21FN2OS. The van der Waals surface area contributed by atoms with E-state index in [4.69, 9.17) is 5.73 Å². The Kier molecular flexibility index (Phi) is 4.19. The third-order valence-electron chi connectivity index (χ3n) is 4.51. The maximum atomic E-state index is 14.0. The van der Waals surface area contributed by atoms with Crippen LogP contribution in [-0.2, 0) is 0 Å². The van der Waals surface area contributed by atoms with Crippen molar-refractivity contribution in [3.8, 4) is 0 Å².